The van der Waals surface area contributed by atoms with Crippen LogP contribution in [0.25, 0.3) is 10.8 Å². The third kappa shape index (κ3) is 2.36. The van der Waals surface area contributed by atoms with Gasteiger partial charge in [0.25, 0.3) is 0 Å². The number of hydrogen-bond acceptors (Lipinski definition) is 2. The number of allylic oxidation sites excluding steroid dienone is 1. The Morgan fingerprint density at radius 3 is 2.77 bits per heavy atom. The minimum atomic E-state index is -0.207. The van der Waals surface area contributed by atoms with Crippen molar-refractivity contribution in [2.24, 2.45) is 11.3 Å². The minimum Gasteiger partial charge on any atom is -0.393 e. The molecule has 5 aliphatic rings. The summed E-state index contributed by atoms with van der Waals surface area (Å²) in [5.74, 6) is 1.14. The normalized spacial score (nSPS) is 43.1. The lowest BCUT2D eigenvalue weighted by atomic mass is 9.58. The Kier molecular flexibility index (Phi) is 3.68. The summed E-state index contributed by atoms with van der Waals surface area (Å²) in [6.45, 7) is 2.54. The van der Waals surface area contributed by atoms with Crippen molar-refractivity contribution < 1.29 is 9.84 Å². The van der Waals surface area contributed by atoms with Gasteiger partial charge >= 0.3 is 0 Å². The fourth-order valence-electron chi connectivity index (χ4n) is 8.35. The molecule has 2 heterocycles. The van der Waals surface area contributed by atoms with E-state index in [0.717, 1.165) is 38.5 Å². The van der Waals surface area contributed by atoms with E-state index in [-0.39, 0.29) is 22.7 Å². The number of benzene rings is 2. The summed E-state index contributed by atoms with van der Waals surface area (Å²) in [4.78, 5) is 0. The Balaban J connectivity index is 1.31. The Labute approximate surface area is 185 Å². The highest BCUT2D eigenvalue weighted by Crippen LogP contribution is 2.69. The molecule has 2 aliphatic heterocycles. The molecule has 2 aromatic rings. The number of ether oxygens (including phenoxy) is 1. The van der Waals surface area contributed by atoms with E-state index in [0.29, 0.717) is 11.8 Å². The molecular weight excluding hydrogens is 380 g/mol. The third-order valence-corrected chi connectivity index (χ3v) is 9.83. The van der Waals surface area contributed by atoms with E-state index < -0.39 is 0 Å². The van der Waals surface area contributed by atoms with E-state index in [2.05, 4.69) is 61.5 Å². The van der Waals surface area contributed by atoms with Crippen molar-refractivity contribution in [3.8, 4) is 0 Å². The van der Waals surface area contributed by atoms with Gasteiger partial charge in [-0.3, -0.25) is 0 Å². The highest BCUT2D eigenvalue weighted by atomic mass is 16.5. The largest absolute Gasteiger partial charge is 0.393 e. The molecular formula is C29H32O2. The maximum Gasteiger partial charge on any atom is 0.0974 e. The summed E-state index contributed by atoms with van der Waals surface area (Å²) in [7, 11) is 0. The maximum absolute atomic E-state index is 10.5. The molecule has 2 saturated carbocycles. The van der Waals surface area contributed by atoms with E-state index in [9.17, 15) is 5.11 Å². The zero-order valence-corrected chi connectivity index (χ0v) is 18.4. The molecule has 6 atom stereocenters. The van der Waals surface area contributed by atoms with Crippen LogP contribution in [0.3, 0.4) is 0 Å². The van der Waals surface area contributed by atoms with Gasteiger partial charge in [0.05, 0.1) is 17.3 Å². The zero-order chi connectivity index (χ0) is 20.8. The quantitative estimate of drug-likeness (QED) is 0.584. The first-order valence-electron chi connectivity index (χ1n) is 12.3. The summed E-state index contributed by atoms with van der Waals surface area (Å²) in [5, 5.41) is 13.1. The van der Waals surface area contributed by atoms with Crippen LogP contribution in [0, 0.1) is 11.3 Å². The molecule has 31 heavy (non-hydrogen) atoms. The van der Waals surface area contributed by atoms with Crippen molar-refractivity contribution in [1.29, 1.82) is 0 Å². The molecule has 1 N–H and O–H groups in total. The van der Waals surface area contributed by atoms with Gasteiger partial charge in [-0.25, -0.2) is 0 Å². The fourth-order valence-corrected chi connectivity index (χ4v) is 8.35. The molecule has 0 amide bonds. The lowest BCUT2D eigenvalue weighted by Crippen LogP contribution is -2.54. The van der Waals surface area contributed by atoms with E-state index in [4.69, 9.17) is 4.74 Å². The predicted octanol–water partition coefficient (Wildman–Crippen LogP) is 6.44. The standard InChI is InChI=1S/C29H32O2/c1-27-13-12-23-17-22-8-9-24(30)18-28(22)14-15-29(23,31-28)26(27)11-10-25(27)21-7-6-19-4-2-3-5-20(19)16-21/h2-7,12,16-17,24-26,30H,8-11,13-15,18H2,1H3/t24-,25-,26-,27-,28?,29-/m1/s1. The van der Waals surface area contributed by atoms with Gasteiger partial charge in [0, 0.05) is 6.42 Å². The number of fused-ring (bicyclic) bond motifs is 2. The first kappa shape index (κ1) is 18.7. The lowest BCUT2D eigenvalue weighted by Gasteiger charge is -2.54. The van der Waals surface area contributed by atoms with E-state index in [1.165, 1.54) is 40.3 Å². The van der Waals surface area contributed by atoms with Crippen molar-refractivity contribution >= 4 is 10.8 Å². The third-order valence-electron chi connectivity index (χ3n) is 9.83. The zero-order valence-electron chi connectivity index (χ0n) is 18.4. The molecule has 2 spiro atoms. The molecule has 2 bridgehead atoms. The molecule has 7 rings (SSSR count). The van der Waals surface area contributed by atoms with E-state index in [1.807, 2.05) is 0 Å². The number of aliphatic hydroxyl groups excluding tert-OH is 1. The SMILES string of the molecule is C[C@]12CC=C3C=C4CC[C@@H](O)CC45CC[C@]3(O5)[C@@H]1CC[C@@H]2c1ccc2ccccc2c1. The monoisotopic (exact) mass is 412 g/mol. The summed E-state index contributed by atoms with van der Waals surface area (Å²) in [6.07, 6.45) is 13.4. The fraction of sp³-hybridized carbons (Fsp3) is 0.517. The summed E-state index contributed by atoms with van der Waals surface area (Å²) < 4.78 is 7.19. The molecule has 160 valence electrons. The summed E-state index contributed by atoms with van der Waals surface area (Å²) >= 11 is 0. The van der Waals surface area contributed by atoms with Gasteiger partial charge in [0.15, 0.2) is 0 Å². The van der Waals surface area contributed by atoms with E-state index >= 15 is 0 Å². The second-order valence-corrected chi connectivity index (χ2v) is 11.2. The van der Waals surface area contributed by atoms with Crippen LogP contribution in [0.4, 0.5) is 0 Å². The van der Waals surface area contributed by atoms with Crippen molar-refractivity contribution in [1.82, 2.24) is 0 Å². The molecule has 0 aromatic heterocycles. The average molecular weight is 413 g/mol. The minimum absolute atomic E-state index is 0.126. The van der Waals surface area contributed by atoms with Gasteiger partial charge in [-0.15, -0.1) is 0 Å². The Morgan fingerprint density at radius 2 is 1.87 bits per heavy atom. The number of rotatable bonds is 1. The molecule has 3 fully saturated rings. The molecule has 3 aliphatic carbocycles. The summed E-state index contributed by atoms with van der Waals surface area (Å²) in [5.41, 5.74) is 4.35. The Morgan fingerprint density at radius 1 is 1.00 bits per heavy atom. The number of hydrogen-bond donors (Lipinski definition) is 1. The van der Waals surface area contributed by atoms with Crippen molar-refractivity contribution in [3.63, 3.8) is 0 Å². The maximum atomic E-state index is 10.5. The molecule has 1 unspecified atom stereocenters. The van der Waals surface area contributed by atoms with Crippen LogP contribution in [0.15, 0.2) is 65.8 Å². The van der Waals surface area contributed by atoms with Gasteiger partial charge in [-0.1, -0.05) is 61.5 Å². The van der Waals surface area contributed by atoms with Gasteiger partial charge < -0.3 is 9.84 Å². The van der Waals surface area contributed by atoms with Gasteiger partial charge in [0.2, 0.25) is 0 Å². The molecule has 0 radical (unpaired) electrons. The Bertz CT molecular complexity index is 1140. The van der Waals surface area contributed by atoms with Gasteiger partial charge in [0.1, 0.15) is 0 Å². The van der Waals surface area contributed by atoms with Crippen LogP contribution in [0.2, 0.25) is 0 Å². The van der Waals surface area contributed by atoms with Gasteiger partial charge in [-0.05, 0) is 89.7 Å². The van der Waals surface area contributed by atoms with Crippen LogP contribution in [-0.2, 0) is 4.74 Å². The van der Waals surface area contributed by atoms with Crippen LogP contribution in [-0.4, -0.2) is 22.4 Å². The lowest BCUT2D eigenvalue weighted by molar-refractivity contribution is -0.144. The number of aliphatic hydroxyl groups is 1. The van der Waals surface area contributed by atoms with Crippen LogP contribution < -0.4 is 0 Å². The molecule has 2 heteroatoms. The molecule has 2 nitrogen and oxygen atoms in total. The van der Waals surface area contributed by atoms with Crippen LogP contribution in [0.1, 0.15) is 69.8 Å². The second kappa shape index (κ2) is 6.11. The van der Waals surface area contributed by atoms with Crippen molar-refractivity contribution in [2.45, 2.75) is 81.5 Å². The van der Waals surface area contributed by atoms with E-state index in [1.54, 1.807) is 0 Å². The highest BCUT2D eigenvalue weighted by Gasteiger charge is 2.66. The molecule has 2 aromatic carbocycles. The van der Waals surface area contributed by atoms with Crippen molar-refractivity contribution in [3.05, 3.63) is 71.3 Å². The summed E-state index contributed by atoms with van der Waals surface area (Å²) in [6, 6.07) is 15.9. The first-order valence-corrected chi connectivity index (χ1v) is 12.3. The smallest absolute Gasteiger partial charge is 0.0974 e. The highest BCUT2D eigenvalue weighted by molar-refractivity contribution is 5.83. The van der Waals surface area contributed by atoms with Crippen LogP contribution >= 0.6 is 0 Å². The molecule has 1 saturated heterocycles. The average Bonchev–Trinajstić information content (AvgIpc) is 3.28. The predicted molar refractivity (Wildman–Crippen MR) is 124 cm³/mol. The van der Waals surface area contributed by atoms with Crippen LogP contribution in [0.5, 0.6) is 0 Å². The Hall–Kier alpha value is -1.90. The van der Waals surface area contributed by atoms with Crippen molar-refractivity contribution in [2.75, 3.05) is 0 Å². The topological polar surface area (TPSA) is 29.5 Å². The first-order chi connectivity index (χ1) is 15.0. The van der Waals surface area contributed by atoms with Gasteiger partial charge in [-0.2, -0.15) is 0 Å². The second-order valence-electron chi connectivity index (χ2n) is 11.2.